The lowest BCUT2D eigenvalue weighted by Crippen LogP contribution is -2.46. The number of benzene rings is 1. The van der Waals surface area contributed by atoms with E-state index in [9.17, 15) is 9.59 Å². The molecule has 1 unspecified atom stereocenters. The van der Waals surface area contributed by atoms with Crippen molar-refractivity contribution in [3.63, 3.8) is 0 Å². The number of carbonyl (C=O) groups excluding carboxylic acids is 1. The summed E-state index contributed by atoms with van der Waals surface area (Å²) in [5.41, 5.74) is 2.52. The van der Waals surface area contributed by atoms with Gasteiger partial charge < -0.3 is 14.4 Å². The van der Waals surface area contributed by atoms with Gasteiger partial charge in [0.2, 0.25) is 5.95 Å². The Labute approximate surface area is 191 Å². The summed E-state index contributed by atoms with van der Waals surface area (Å²) >= 11 is 0. The van der Waals surface area contributed by atoms with E-state index in [1.54, 1.807) is 4.90 Å². The number of para-hydroxylation sites is 2. The Morgan fingerprint density at radius 3 is 2.85 bits per heavy atom. The standard InChI is InChI=1S/C24H27N5O4/c1-14(2)28(12-16-13-32-20-9-4-5-10-21(20)33-16)23(31)18-11-25-29(15(18)3)24-26-19-8-6-7-17(19)22(30)27-24/h4-5,9-11,14,16H,6-8,12-13H2,1-3H3,(H,26,27,30). The number of rotatable bonds is 5. The van der Waals surface area contributed by atoms with Crippen molar-refractivity contribution < 1.29 is 14.3 Å². The van der Waals surface area contributed by atoms with Crippen molar-refractivity contribution in [2.45, 2.75) is 52.2 Å². The van der Waals surface area contributed by atoms with Gasteiger partial charge >= 0.3 is 0 Å². The number of fused-ring (bicyclic) bond motifs is 2. The van der Waals surface area contributed by atoms with Gasteiger partial charge in [-0.15, -0.1) is 0 Å². The molecular weight excluding hydrogens is 422 g/mol. The number of hydrogen-bond donors (Lipinski definition) is 1. The molecular formula is C24H27N5O4. The molecule has 1 aromatic carbocycles. The summed E-state index contributed by atoms with van der Waals surface area (Å²) in [6.07, 6.45) is 3.72. The Balaban J connectivity index is 1.39. The van der Waals surface area contributed by atoms with Gasteiger partial charge in [-0.1, -0.05) is 12.1 Å². The van der Waals surface area contributed by atoms with Gasteiger partial charge in [0.05, 0.1) is 29.7 Å². The second kappa shape index (κ2) is 8.38. The van der Waals surface area contributed by atoms with E-state index >= 15 is 0 Å². The topological polar surface area (TPSA) is 102 Å². The van der Waals surface area contributed by atoms with Crippen LogP contribution in [-0.2, 0) is 12.8 Å². The summed E-state index contributed by atoms with van der Waals surface area (Å²) in [4.78, 5) is 35.1. The van der Waals surface area contributed by atoms with Crippen molar-refractivity contribution in [2.75, 3.05) is 13.2 Å². The SMILES string of the molecule is Cc1c(C(=O)N(CC2COc3ccccc3O2)C(C)C)cnn1-c1nc2c(c(=O)[nH]1)CCC2. The number of carbonyl (C=O) groups is 1. The maximum atomic E-state index is 13.5. The first kappa shape index (κ1) is 21.2. The number of amides is 1. The Morgan fingerprint density at radius 2 is 2.06 bits per heavy atom. The minimum atomic E-state index is -0.281. The molecule has 5 rings (SSSR count). The van der Waals surface area contributed by atoms with Gasteiger partial charge in [0.15, 0.2) is 17.6 Å². The quantitative estimate of drug-likeness (QED) is 0.642. The molecule has 0 radical (unpaired) electrons. The number of ether oxygens (including phenoxy) is 2. The summed E-state index contributed by atoms with van der Waals surface area (Å²) < 4.78 is 13.4. The van der Waals surface area contributed by atoms with Crippen LogP contribution in [0.15, 0.2) is 35.3 Å². The highest BCUT2D eigenvalue weighted by atomic mass is 16.6. The highest BCUT2D eigenvalue weighted by molar-refractivity contribution is 5.95. The van der Waals surface area contributed by atoms with Gasteiger partial charge in [-0.2, -0.15) is 5.10 Å². The molecule has 9 heteroatoms. The molecule has 0 spiro atoms. The third-order valence-electron chi connectivity index (χ3n) is 6.22. The number of nitrogens with zero attached hydrogens (tertiary/aromatic N) is 4. The third-order valence-corrected chi connectivity index (χ3v) is 6.22. The fraction of sp³-hybridized carbons (Fsp3) is 0.417. The lowest BCUT2D eigenvalue weighted by molar-refractivity contribution is 0.0392. The molecule has 2 aromatic heterocycles. The maximum absolute atomic E-state index is 13.5. The zero-order chi connectivity index (χ0) is 23.1. The van der Waals surface area contributed by atoms with Gasteiger partial charge in [0.1, 0.15) is 6.61 Å². The second-order valence-electron chi connectivity index (χ2n) is 8.77. The van der Waals surface area contributed by atoms with E-state index < -0.39 is 0 Å². The summed E-state index contributed by atoms with van der Waals surface area (Å²) in [6.45, 7) is 6.49. The molecule has 0 saturated carbocycles. The second-order valence-corrected chi connectivity index (χ2v) is 8.77. The van der Waals surface area contributed by atoms with Crippen LogP contribution in [0.25, 0.3) is 5.95 Å². The maximum Gasteiger partial charge on any atom is 0.257 e. The van der Waals surface area contributed by atoms with Crippen LogP contribution in [0.4, 0.5) is 0 Å². The summed E-state index contributed by atoms with van der Waals surface area (Å²) in [6, 6.07) is 7.47. The Kier molecular flexibility index (Phi) is 5.39. The van der Waals surface area contributed by atoms with Crippen LogP contribution < -0.4 is 15.0 Å². The van der Waals surface area contributed by atoms with Gasteiger partial charge in [-0.05, 0) is 52.2 Å². The zero-order valence-corrected chi connectivity index (χ0v) is 19.0. The molecule has 1 amide bonds. The number of nitrogens with one attached hydrogen (secondary N) is 1. The Morgan fingerprint density at radius 1 is 1.27 bits per heavy atom. The van der Waals surface area contributed by atoms with E-state index in [0.717, 1.165) is 30.5 Å². The first-order valence-electron chi connectivity index (χ1n) is 11.3. The van der Waals surface area contributed by atoms with Gasteiger partial charge in [0.25, 0.3) is 11.5 Å². The highest BCUT2D eigenvalue weighted by Crippen LogP contribution is 2.31. The van der Waals surface area contributed by atoms with E-state index in [1.165, 1.54) is 10.9 Å². The molecule has 1 aliphatic heterocycles. The summed E-state index contributed by atoms with van der Waals surface area (Å²) in [5, 5.41) is 4.37. The fourth-order valence-electron chi connectivity index (χ4n) is 4.42. The van der Waals surface area contributed by atoms with Crippen molar-refractivity contribution in [1.29, 1.82) is 0 Å². The minimum Gasteiger partial charge on any atom is -0.486 e. The van der Waals surface area contributed by atoms with Crippen molar-refractivity contribution in [2.24, 2.45) is 0 Å². The first-order valence-corrected chi connectivity index (χ1v) is 11.3. The predicted octanol–water partition coefficient (Wildman–Crippen LogP) is 2.44. The molecule has 1 atom stereocenters. The predicted molar refractivity (Wildman–Crippen MR) is 121 cm³/mol. The summed E-state index contributed by atoms with van der Waals surface area (Å²) in [5.74, 6) is 1.58. The average molecular weight is 450 g/mol. The van der Waals surface area contributed by atoms with E-state index in [4.69, 9.17) is 9.47 Å². The molecule has 172 valence electrons. The van der Waals surface area contributed by atoms with E-state index in [-0.39, 0.29) is 23.6 Å². The molecule has 0 saturated heterocycles. The fourth-order valence-corrected chi connectivity index (χ4v) is 4.42. The van der Waals surface area contributed by atoms with E-state index in [1.807, 2.05) is 45.0 Å². The largest absolute Gasteiger partial charge is 0.486 e. The Hall–Kier alpha value is -3.62. The van der Waals surface area contributed by atoms with Crippen LogP contribution in [0.1, 0.15) is 47.6 Å². The Bertz CT molecular complexity index is 1260. The first-order chi connectivity index (χ1) is 15.9. The van der Waals surface area contributed by atoms with Crippen molar-refractivity contribution in [1.82, 2.24) is 24.6 Å². The molecule has 2 aliphatic rings. The number of hydrogen-bond acceptors (Lipinski definition) is 6. The van der Waals surface area contributed by atoms with Gasteiger partial charge in [-0.3, -0.25) is 14.6 Å². The molecule has 9 nitrogen and oxygen atoms in total. The minimum absolute atomic E-state index is 0.0565. The lowest BCUT2D eigenvalue weighted by atomic mass is 10.1. The number of H-pyrrole nitrogens is 1. The zero-order valence-electron chi connectivity index (χ0n) is 19.0. The summed E-state index contributed by atoms with van der Waals surface area (Å²) in [7, 11) is 0. The smallest absolute Gasteiger partial charge is 0.257 e. The van der Waals surface area contributed by atoms with Gasteiger partial charge in [-0.25, -0.2) is 9.67 Å². The van der Waals surface area contributed by atoms with E-state index in [2.05, 4.69) is 15.1 Å². The van der Waals surface area contributed by atoms with Crippen molar-refractivity contribution >= 4 is 5.91 Å². The van der Waals surface area contributed by atoms with Gasteiger partial charge in [0, 0.05) is 11.6 Å². The normalized spacial score (nSPS) is 16.7. The third kappa shape index (κ3) is 3.88. The highest BCUT2D eigenvalue weighted by Gasteiger charge is 2.30. The number of aromatic amines is 1. The molecule has 3 heterocycles. The monoisotopic (exact) mass is 449 g/mol. The van der Waals surface area contributed by atoms with E-state index in [0.29, 0.717) is 41.9 Å². The number of aromatic nitrogens is 4. The molecule has 0 fully saturated rings. The lowest BCUT2D eigenvalue weighted by Gasteiger charge is -2.33. The average Bonchev–Trinajstić information content (AvgIpc) is 3.43. The number of aryl methyl sites for hydroxylation is 1. The van der Waals surface area contributed by atoms with Crippen molar-refractivity contribution in [3.05, 3.63) is 63.3 Å². The van der Waals surface area contributed by atoms with Crippen LogP contribution in [0, 0.1) is 6.92 Å². The van der Waals surface area contributed by atoms with Crippen LogP contribution in [0.5, 0.6) is 11.5 Å². The molecule has 1 N–H and O–H groups in total. The molecule has 1 aliphatic carbocycles. The van der Waals surface area contributed by atoms with Crippen LogP contribution in [0.2, 0.25) is 0 Å². The van der Waals surface area contributed by atoms with Crippen LogP contribution >= 0.6 is 0 Å². The van der Waals surface area contributed by atoms with Crippen LogP contribution in [-0.4, -0.2) is 55.9 Å². The molecule has 3 aromatic rings. The van der Waals surface area contributed by atoms with Crippen molar-refractivity contribution in [3.8, 4) is 17.4 Å². The van der Waals surface area contributed by atoms with Crippen LogP contribution in [0.3, 0.4) is 0 Å². The molecule has 0 bridgehead atoms. The molecule has 33 heavy (non-hydrogen) atoms.